The lowest BCUT2D eigenvalue weighted by Gasteiger charge is -2.15. The summed E-state index contributed by atoms with van der Waals surface area (Å²) in [6.45, 7) is 5.08. The topological polar surface area (TPSA) is 42.0 Å². The summed E-state index contributed by atoms with van der Waals surface area (Å²) in [4.78, 5) is 15.8. The average Bonchev–Trinajstić information content (AvgIpc) is 2.39. The van der Waals surface area contributed by atoms with Gasteiger partial charge in [-0.3, -0.25) is 4.79 Å². The molecule has 4 heteroatoms. The third-order valence-electron chi connectivity index (χ3n) is 3.08. The van der Waals surface area contributed by atoms with Crippen molar-refractivity contribution in [2.75, 3.05) is 6.54 Å². The van der Waals surface area contributed by atoms with Crippen LogP contribution in [0.25, 0.3) is 0 Å². The van der Waals surface area contributed by atoms with Crippen LogP contribution in [-0.2, 0) is 0 Å². The maximum atomic E-state index is 11.9. The van der Waals surface area contributed by atoms with Crippen molar-refractivity contribution in [3.63, 3.8) is 0 Å². The monoisotopic (exact) mass is 268 g/mol. The predicted octanol–water partition coefficient (Wildman–Crippen LogP) is 3.68. The molecule has 0 radical (unpaired) electrons. The van der Waals surface area contributed by atoms with Crippen LogP contribution in [0, 0.1) is 5.92 Å². The highest BCUT2D eigenvalue weighted by Crippen LogP contribution is 2.11. The van der Waals surface area contributed by atoms with Crippen LogP contribution in [0.1, 0.15) is 49.9 Å². The number of amides is 1. The summed E-state index contributed by atoms with van der Waals surface area (Å²) in [6.07, 6.45) is 6.19. The number of carbonyl (C=O) groups excluding carboxylic acids is 1. The van der Waals surface area contributed by atoms with Gasteiger partial charge in [0.15, 0.2) is 0 Å². The fourth-order valence-electron chi connectivity index (χ4n) is 1.79. The summed E-state index contributed by atoms with van der Waals surface area (Å²) in [5, 5.41) is 3.36. The van der Waals surface area contributed by atoms with E-state index in [4.69, 9.17) is 11.6 Å². The van der Waals surface area contributed by atoms with E-state index in [1.807, 2.05) is 0 Å². The van der Waals surface area contributed by atoms with Gasteiger partial charge in [-0.15, -0.1) is 0 Å². The van der Waals surface area contributed by atoms with Gasteiger partial charge in [-0.2, -0.15) is 0 Å². The zero-order valence-corrected chi connectivity index (χ0v) is 11.8. The Hall–Kier alpha value is -1.09. The fourth-order valence-corrected chi connectivity index (χ4v) is 1.90. The van der Waals surface area contributed by atoms with Crippen LogP contribution in [0.5, 0.6) is 0 Å². The Morgan fingerprint density at radius 1 is 1.44 bits per heavy atom. The molecule has 0 fully saturated rings. The van der Waals surface area contributed by atoms with Crippen LogP contribution in [0.2, 0.25) is 5.15 Å². The first-order valence-corrected chi connectivity index (χ1v) is 6.94. The number of carbonyl (C=O) groups is 1. The molecule has 0 aliphatic carbocycles. The van der Waals surface area contributed by atoms with Gasteiger partial charge in [0, 0.05) is 12.7 Å². The number of aromatic nitrogens is 1. The first-order chi connectivity index (χ1) is 8.67. The highest BCUT2D eigenvalue weighted by atomic mass is 35.5. The molecule has 100 valence electrons. The van der Waals surface area contributed by atoms with Crippen molar-refractivity contribution in [1.29, 1.82) is 0 Å². The first-order valence-electron chi connectivity index (χ1n) is 6.57. The van der Waals surface area contributed by atoms with Gasteiger partial charge in [-0.1, -0.05) is 44.7 Å². The molecule has 0 aromatic carbocycles. The van der Waals surface area contributed by atoms with Crippen molar-refractivity contribution in [3.8, 4) is 0 Å². The van der Waals surface area contributed by atoms with Gasteiger partial charge in [0.2, 0.25) is 0 Å². The minimum absolute atomic E-state index is 0.0749. The summed E-state index contributed by atoms with van der Waals surface area (Å²) >= 11 is 5.68. The molecule has 3 nitrogen and oxygen atoms in total. The molecule has 1 amide bonds. The summed E-state index contributed by atoms with van der Waals surface area (Å²) < 4.78 is 0. The Kier molecular flexibility index (Phi) is 6.73. The van der Waals surface area contributed by atoms with Crippen LogP contribution in [0.3, 0.4) is 0 Å². The minimum atomic E-state index is -0.0749. The molecule has 1 aromatic heterocycles. The second-order valence-electron chi connectivity index (χ2n) is 4.50. The van der Waals surface area contributed by atoms with Crippen LogP contribution in [0.15, 0.2) is 18.3 Å². The van der Waals surface area contributed by atoms with Gasteiger partial charge in [0.1, 0.15) is 5.15 Å². The van der Waals surface area contributed by atoms with Crippen molar-refractivity contribution in [2.45, 2.75) is 39.5 Å². The van der Waals surface area contributed by atoms with Gasteiger partial charge in [-0.05, 0) is 24.5 Å². The van der Waals surface area contributed by atoms with Gasteiger partial charge < -0.3 is 5.32 Å². The second-order valence-corrected chi connectivity index (χ2v) is 4.88. The van der Waals surface area contributed by atoms with Crippen LogP contribution < -0.4 is 5.32 Å². The number of unbranched alkanes of at least 4 members (excludes halogenated alkanes) is 1. The Bertz CT molecular complexity index is 365. The Morgan fingerprint density at radius 2 is 2.22 bits per heavy atom. The zero-order valence-electron chi connectivity index (χ0n) is 11.1. The second kappa shape index (κ2) is 8.09. The fraction of sp³-hybridized carbons (Fsp3) is 0.571. The van der Waals surface area contributed by atoms with E-state index in [0.29, 0.717) is 16.6 Å². The van der Waals surface area contributed by atoms with E-state index in [2.05, 4.69) is 24.1 Å². The van der Waals surface area contributed by atoms with E-state index in [-0.39, 0.29) is 5.91 Å². The minimum Gasteiger partial charge on any atom is -0.352 e. The van der Waals surface area contributed by atoms with Crippen molar-refractivity contribution >= 4 is 17.5 Å². The van der Waals surface area contributed by atoms with Gasteiger partial charge >= 0.3 is 0 Å². The highest BCUT2D eigenvalue weighted by molar-refractivity contribution is 6.29. The van der Waals surface area contributed by atoms with Gasteiger partial charge in [0.25, 0.3) is 5.91 Å². The van der Waals surface area contributed by atoms with Crippen LogP contribution >= 0.6 is 11.6 Å². The molecule has 18 heavy (non-hydrogen) atoms. The number of rotatable bonds is 7. The number of hydrogen-bond donors (Lipinski definition) is 1. The lowest BCUT2D eigenvalue weighted by Crippen LogP contribution is -2.29. The summed E-state index contributed by atoms with van der Waals surface area (Å²) in [6, 6.07) is 3.32. The van der Waals surface area contributed by atoms with E-state index >= 15 is 0 Å². The predicted molar refractivity (Wildman–Crippen MR) is 74.9 cm³/mol. The normalized spacial score (nSPS) is 12.2. The van der Waals surface area contributed by atoms with E-state index in [1.54, 1.807) is 12.1 Å². The molecule has 0 spiro atoms. The van der Waals surface area contributed by atoms with E-state index in [1.165, 1.54) is 25.5 Å². The molecule has 1 aromatic rings. The molecule has 1 atom stereocenters. The average molecular weight is 269 g/mol. The van der Waals surface area contributed by atoms with Crippen LogP contribution in [0.4, 0.5) is 0 Å². The van der Waals surface area contributed by atoms with Crippen molar-refractivity contribution in [2.24, 2.45) is 5.92 Å². The third-order valence-corrected chi connectivity index (χ3v) is 3.31. The summed E-state index contributed by atoms with van der Waals surface area (Å²) in [5.41, 5.74) is 0.560. The molecule has 1 N–H and O–H groups in total. The van der Waals surface area contributed by atoms with E-state index in [9.17, 15) is 4.79 Å². The Morgan fingerprint density at radius 3 is 2.78 bits per heavy atom. The Balaban J connectivity index is 2.42. The first kappa shape index (κ1) is 15.0. The summed E-state index contributed by atoms with van der Waals surface area (Å²) in [5.74, 6) is 0.489. The molecule has 0 bridgehead atoms. The maximum absolute atomic E-state index is 11.9. The molecule has 1 unspecified atom stereocenters. The maximum Gasteiger partial charge on any atom is 0.252 e. The van der Waals surface area contributed by atoms with E-state index < -0.39 is 0 Å². The van der Waals surface area contributed by atoms with Crippen molar-refractivity contribution in [3.05, 3.63) is 29.0 Å². The Labute approximate surface area is 114 Å². The lowest BCUT2D eigenvalue weighted by atomic mass is 9.99. The molecule has 0 saturated heterocycles. The van der Waals surface area contributed by atoms with Gasteiger partial charge in [-0.25, -0.2) is 4.98 Å². The zero-order chi connectivity index (χ0) is 13.4. The number of nitrogens with zero attached hydrogens (tertiary/aromatic N) is 1. The summed E-state index contributed by atoms with van der Waals surface area (Å²) in [7, 11) is 0. The number of hydrogen-bond acceptors (Lipinski definition) is 2. The number of nitrogens with one attached hydrogen (secondary N) is 1. The smallest absolute Gasteiger partial charge is 0.252 e. The van der Waals surface area contributed by atoms with Gasteiger partial charge in [0.05, 0.1) is 5.56 Å². The molecule has 1 heterocycles. The standard InChI is InChI=1S/C14H21ClN2O/c1-3-5-6-11(4-2)9-17-14(18)12-7-8-13(15)16-10-12/h7-8,10-11H,3-6,9H2,1-2H3,(H,17,18). The molecule has 0 aliphatic heterocycles. The molecule has 0 saturated carbocycles. The van der Waals surface area contributed by atoms with Crippen molar-refractivity contribution < 1.29 is 4.79 Å². The SMILES string of the molecule is CCCCC(CC)CNC(=O)c1ccc(Cl)nc1. The molecule has 1 rings (SSSR count). The number of halogens is 1. The van der Waals surface area contributed by atoms with E-state index in [0.717, 1.165) is 13.0 Å². The quantitative estimate of drug-likeness (QED) is 0.767. The molecular weight excluding hydrogens is 248 g/mol. The molecular formula is C14H21ClN2O. The third kappa shape index (κ3) is 5.05. The molecule has 0 aliphatic rings. The lowest BCUT2D eigenvalue weighted by molar-refractivity contribution is 0.0945. The largest absolute Gasteiger partial charge is 0.352 e. The number of pyridine rings is 1. The van der Waals surface area contributed by atoms with Crippen LogP contribution in [-0.4, -0.2) is 17.4 Å². The highest BCUT2D eigenvalue weighted by Gasteiger charge is 2.10. The van der Waals surface area contributed by atoms with Crippen molar-refractivity contribution in [1.82, 2.24) is 10.3 Å².